The molecule has 0 saturated heterocycles. The number of pyridine rings is 1. The Kier molecular flexibility index (Phi) is 5.50. The molecule has 1 aromatic rings. The Balaban J connectivity index is 2.30. The molecule has 1 amide bonds. The maximum absolute atomic E-state index is 11.6. The van der Waals surface area contributed by atoms with E-state index in [1.165, 1.54) is 0 Å². The molecule has 1 heterocycles. The molecule has 0 bridgehead atoms. The van der Waals surface area contributed by atoms with Gasteiger partial charge in [0, 0.05) is 31.4 Å². The second-order valence-electron chi connectivity index (χ2n) is 3.76. The smallest absolute Gasteiger partial charge is 0.220 e. The topological polar surface area (TPSA) is 68.0 Å². The molecule has 1 rings (SSSR count). The van der Waals surface area contributed by atoms with Crippen LogP contribution in [0.2, 0.25) is 0 Å². The van der Waals surface area contributed by atoms with Crippen molar-refractivity contribution in [3.05, 3.63) is 30.1 Å². The lowest BCUT2D eigenvalue weighted by molar-refractivity contribution is -0.121. The van der Waals surface area contributed by atoms with Gasteiger partial charge in [0.25, 0.3) is 0 Å². The molecule has 16 heavy (non-hydrogen) atoms. The molecule has 1 atom stereocenters. The fourth-order valence-electron chi connectivity index (χ4n) is 1.43. The summed E-state index contributed by atoms with van der Waals surface area (Å²) in [5, 5.41) is 2.91. The van der Waals surface area contributed by atoms with E-state index in [2.05, 4.69) is 10.3 Å². The SMILES string of the molecule is CCC(CN)NC(=O)CCc1ccncc1. The average Bonchev–Trinajstić information content (AvgIpc) is 2.34. The quantitative estimate of drug-likeness (QED) is 0.749. The molecule has 1 unspecified atom stereocenters. The maximum atomic E-state index is 11.6. The van der Waals surface area contributed by atoms with Crippen LogP contribution in [-0.2, 0) is 11.2 Å². The maximum Gasteiger partial charge on any atom is 0.220 e. The van der Waals surface area contributed by atoms with Gasteiger partial charge in [-0.1, -0.05) is 6.92 Å². The average molecular weight is 221 g/mol. The Morgan fingerprint density at radius 2 is 2.19 bits per heavy atom. The third-order valence-electron chi connectivity index (χ3n) is 2.53. The van der Waals surface area contributed by atoms with Gasteiger partial charge in [0.1, 0.15) is 0 Å². The number of nitrogens with zero attached hydrogens (tertiary/aromatic N) is 1. The second kappa shape index (κ2) is 6.95. The molecule has 0 saturated carbocycles. The number of rotatable bonds is 6. The minimum atomic E-state index is 0.0640. The highest BCUT2D eigenvalue weighted by Gasteiger charge is 2.08. The Morgan fingerprint density at radius 3 is 2.75 bits per heavy atom. The normalized spacial score (nSPS) is 12.1. The molecule has 3 N–H and O–H groups in total. The van der Waals surface area contributed by atoms with E-state index < -0.39 is 0 Å². The number of nitrogens with one attached hydrogen (secondary N) is 1. The van der Waals surface area contributed by atoms with E-state index in [9.17, 15) is 4.79 Å². The molecule has 0 aliphatic rings. The van der Waals surface area contributed by atoms with Gasteiger partial charge in [-0.15, -0.1) is 0 Å². The fourth-order valence-corrected chi connectivity index (χ4v) is 1.43. The summed E-state index contributed by atoms with van der Waals surface area (Å²) >= 11 is 0. The Bertz CT molecular complexity index is 309. The van der Waals surface area contributed by atoms with Crippen LogP contribution in [0.4, 0.5) is 0 Å². The molecular weight excluding hydrogens is 202 g/mol. The zero-order chi connectivity index (χ0) is 11.8. The lowest BCUT2D eigenvalue weighted by atomic mass is 10.1. The number of aromatic nitrogens is 1. The van der Waals surface area contributed by atoms with Gasteiger partial charge in [0.15, 0.2) is 0 Å². The van der Waals surface area contributed by atoms with Crippen LogP contribution in [0.1, 0.15) is 25.3 Å². The number of carbonyl (C=O) groups is 1. The van der Waals surface area contributed by atoms with Gasteiger partial charge in [0.2, 0.25) is 5.91 Å². The lowest BCUT2D eigenvalue weighted by Crippen LogP contribution is -2.39. The molecule has 0 aliphatic carbocycles. The first-order valence-corrected chi connectivity index (χ1v) is 5.64. The monoisotopic (exact) mass is 221 g/mol. The summed E-state index contributed by atoms with van der Waals surface area (Å²) in [6.45, 7) is 2.51. The van der Waals surface area contributed by atoms with Crippen molar-refractivity contribution in [2.24, 2.45) is 5.73 Å². The molecule has 88 valence electrons. The zero-order valence-corrected chi connectivity index (χ0v) is 9.65. The van der Waals surface area contributed by atoms with E-state index in [0.717, 1.165) is 18.4 Å². The predicted octanol–water partition coefficient (Wildman–Crippen LogP) is 0.868. The first kappa shape index (κ1) is 12.6. The number of amides is 1. The Labute approximate surface area is 96.3 Å². The highest BCUT2D eigenvalue weighted by Crippen LogP contribution is 2.01. The third-order valence-corrected chi connectivity index (χ3v) is 2.53. The summed E-state index contributed by atoms with van der Waals surface area (Å²) in [4.78, 5) is 15.5. The summed E-state index contributed by atoms with van der Waals surface area (Å²) in [5.41, 5.74) is 6.65. The van der Waals surface area contributed by atoms with Gasteiger partial charge in [0.05, 0.1) is 0 Å². The molecule has 0 aliphatic heterocycles. The standard InChI is InChI=1S/C12H19N3O/c1-2-11(9-13)15-12(16)4-3-10-5-7-14-8-6-10/h5-8,11H,2-4,9,13H2,1H3,(H,15,16). The number of hydrogen-bond acceptors (Lipinski definition) is 3. The summed E-state index contributed by atoms with van der Waals surface area (Å²) in [6.07, 6.45) is 5.59. The van der Waals surface area contributed by atoms with E-state index in [1.807, 2.05) is 19.1 Å². The number of aryl methyl sites for hydroxylation is 1. The van der Waals surface area contributed by atoms with E-state index in [4.69, 9.17) is 5.73 Å². The van der Waals surface area contributed by atoms with Crippen LogP contribution >= 0.6 is 0 Å². The Hall–Kier alpha value is -1.42. The number of carbonyl (C=O) groups excluding carboxylic acids is 1. The third kappa shape index (κ3) is 4.40. The van der Waals surface area contributed by atoms with Gasteiger partial charge in [-0.2, -0.15) is 0 Å². The zero-order valence-electron chi connectivity index (χ0n) is 9.65. The minimum absolute atomic E-state index is 0.0640. The fraction of sp³-hybridized carbons (Fsp3) is 0.500. The van der Waals surface area contributed by atoms with Crippen LogP contribution in [-0.4, -0.2) is 23.5 Å². The molecular formula is C12H19N3O. The molecule has 0 aromatic carbocycles. The van der Waals surface area contributed by atoms with Crippen LogP contribution in [0.25, 0.3) is 0 Å². The van der Waals surface area contributed by atoms with Crippen LogP contribution in [0.5, 0.6) is 0 Å². The van der Waals surface area contributed by atoms with Crippen LogP contribution in [0, 0.1) is 0 Å². The summed E-state index contributed by atoms with van der Waals surface area (Å²) < 4.78 is 0. The van der Waals surface area contributed by atoms with E-state index in [-0.39, 0.29) is 11.9 Å². The van der Waals surface area contributed by atoms with Gasteiger partial charge in [-0.25, -0.2) is 0 Å². The summed E-state index contributed by atoms with van der Waals surface area (Å²) in [7, 11) is 0. The molecule has 1 aromatic heterocycles. The minimum Gasteiger partial charge on any atom is -0.352 e. The lowest BCUT2D eigenvalue weighted by Gasteiger charge is -2.14. The second-order valence-corrected chi connectivity index (χ2v) is 3.76. The largest absolute Gasteiger partial charge is 0.352 e. The highest BCUT2D eigenvalue weighted by atomic mass is 16.1. The van der Waals surface area contributed by atoms with Crippen molar-refractivity contribution in [1.29, 1.82) is 0 Å². The summed E-state index contributed by atoms with van der Waals surface area (Å²) in [5.74, 6) is 0.0640. The van der Waals surface area contributed by atoms with Crippen LogP contribution in [0.15, 0.2) is 24.5 Å². The van der Waals surface area contributed by atoms with Crippen molar-refractivity contribution in [2.45, 2.75) is 32.2 Å². The van der Waals surface area contributed by atoms with Crippen LogP contribution < -0.4 is 11.1 Å². The van der Waals surface area contributed by atoms with Gasteiger partial charge < -0.3 is 11.1 Å². The van der Waals surface area contributed by atoms with Gasteiger partial charge in [-0.05, 0) is 30.5 Å². The molecule has 4 nitrogen and oxygen atoms in total. The van der Waals surface area contributed by atoms with Crippen LogP contribution in [0.3, 0.4) is 0 Å². The first-order chi connectivity index (χ1) is 7.76. The van der Waals surface area contributed by atoms with Crippen molar-refractivity contribution in [2.75, 3.05) is 6.54 Å². The number of nitrogens with two attached hydrogens (primary N) is 1. The Morgan fingerprint density at radius 1 is 1.50 bits per heavy atom. The van der Waals surface area contributed by atoms with Crippen molar-refractivity contribution < 1.29 is 4.79 Å². The predicted molar refractivity (Wildman–Crippen MR) is 63.8 cm³/mol. The summed E-state index contributed by atoms with van der Waals surface area (Å²) in [6, 6.07) is 3.95. The van der Waals surface area contributed by atoms with Gasteiger partial charge >= 0.3 is 0 Å². The first-order valence-electron chi connectivity index (χ1n) is 5.64. The van der Waals surface area contributed by atoms with E-state index in [0.29, 0.717) is 13.0 Å². The van der Waals surface area contributed by atoms with Crippen molar-refractivity contribution >= 4 is 5.91 Å². The van der Waals surface area contributed by atoms with E-state index in [1.54, 1.807) is 12.4 Å². The van der Waals surface area contributed by atoms with Crippen molar-refractivity contribution in [1.82, 2.24) is 10.3 Å². The molecule has 0 radical (unpaired) electrons. The van der Waals surface area contributed by atoms with E-state index >= 15 is 0 Å². The molecule has 0 fully saturated rings. The number of hydrogen-bond donors (Lipinski definition) is 2. The van der Waals surface area contributed by atoms with Gasteiger partial charge in [-0.3, -0.25) is 9.78 Å². The van der Waals surface area contributed by atoms with Crippen molar-refractivity contribution in [3.8, 4) is 0 Å². The highest BCUT2D eigenvalue weighted by molar-refractivity contribution is 5.76. The molecule has 0 spiro atoms. The molecule has 4 heteroatoms. The van der Waals surface area contributed by atoms with Crippen molar-refractivity contribution in [3.63, 3.8) is 0 Å².